The van der Waals surface area contributed by atoms with Crippen molar-refractivity contribution in [2.24, 2.45) is 5.41 Å². The van der Waals surface area contributed by atoms with E-state index in [9.17, 15) is 17.9 Å². The van der Waals surface area contributed by atoms with Gasteiger partial charge in [0.25, 0.3) is 10.0 Å². The molecule has 0 saturated heterocycles. The number of nitrogens with one attached hydrogen (secondary N) is 1. The van der Waals surface area contributed by atoms with Crippen molar-refractivity contribution in [1.82, 2.24) is 9.78 Å². The summed E-state index contributed by atoms with van der Waals surface area (Å²) in [5.41, 5.74) is -0.508. The van der Waals surface area contributed by atoms with Gasteiger partial charge in [-0.2, -0.15) is 5.10 Å². The highest BCUT2D eigenvalue weighted by Crippen LogP contribution is 2.34. The second kappa shape index (κ2) is 5.12. The van der Waals surface area contributed by atoms with Gasteiger partial charge in [-0.3, -0.25) is 4.72 Å². The first kappa shape index (κ1) is 15.6. The average molecular weight is 341 g/mol. The first-order chi connectivity index (χ1) is 10.7. The number of nitrogens with zero attached hydrogens (tertiary/aromatic N) is 2. The van der Waals surface area contributed by atoms with Crippen LogP contribution in [0.25, 0.3) is 0 Å². The number of anilines is 1. The highest BCUT2D eigenvalue weighted by atomic mass is 32.2. The fourth-order valence-electron chi connectivity index (χ4n) is 2.31. The molecule has 7 nitrogen and oxygen atoms in total. The highest BCUT2D eigenvalue weighted by molar-refractivity contribution is 7.92. The van der Waals surface area contributed by atoms with Crippen LogP contribution in [0.4, 0.5) is 10.1 Å². The Labute approximate surface area is 132 Å². The van der Waals surface area contributed by atoms with E-state index < -0.39 is 21.6 Å². The van der Waals surface area contributed by atoms with Crippen molar-refractivity contribution >= 4 is 15.7 Å². The Morgan fingerprint density at radius 1 is 1.43 bits per heavy atom. The van der Waals surface area contributed by atoms with E-state index in [1.54, 1.807) is 0 Å². The van der Waals surface area contributed by atoms with Crippen LogP contribution in [-0.2, 0) is 16.6 Å². The first-order valence-electron chi connectivity index (χ1n) is 6.88. The summed E-state index contributed by atoms with van der Waals surface area (Å²) in [4.78, 5) is -0.171. The molecule has 0 fully saturated rings. The molecule has 0 bridgehead atoms. The Hall–Kier alpha value is -2.29. The summed E-state index contributed by atoms with van der Waals surface area (Å²) < 4.78 is 47.8. The number of ether oxygens (including phenoxy) is 1. The lowest BCUT2D eigenvalue weighted by Gasteiger charge is -2.30. The van der Waals surface area contributed by atoms with Crippen molar-refractivity contribution in [3.8, 4) is 11.6 Å². The fraction of sp³-hybridized carbons (Fsp3) is 0.357. The molecular formula is C14H16FN3O4S. The molecule has 2 aromatic rings. The summed E-state index contributed by atoms with van der Waals surface area (Å²) in [5, 5.41) is 13.4. The Balaban J connectivity index is 1.96. The van der Waals surface area contributed by atoms with Crippen LogP contribution in [0.1, 0.15) is 13.8 Å². The molecule has 124 valence electrons. The van der Waals surface area contributed by atoms with Gasteiger partial charge in [0.15, 0.2) is 16.5 Å². The van der Waals surface area contributed by atoms with Crippen LogP contribution in [0.15, 0.2) is 29.3 Å². The van der Waals surface area contributed by atoms with Crippen LogP contribution < -0.4 is 9.46 Å². The van der Waals surface area contributed by atoms with Gasteiger partial charge in [0.05, 0.1) is 25.0 Å². The number of aromatic nitrogens is 2. The molecule has 23 heavy (non-hydrogen) atoms. The number of phenols is 1. The summed E-state index contributed by atoms with van der Waals surface area (Å²) in [6.45, 7) is 4.82. The minimum atomic E-state index is -4.10. The molecule has 9 heteroatoms. The number of hydrogen-bond acceptors (Lipinski definition) is 5. The van der Waals surface area contributed by atoms with E-state index in [1.807, 2.05) is 13.8 Å². The zero-order chi connectivity index (χ0) is 16.8. The van der Waals surface area contributed by atoms with E-state index in [4.69, 9.17) is 4.74 Å². The average Bonchev–Trinajstić information content (AvgIpc) is 2.86. The third-order valence-corrected chi connectivity index (χ3v) is 4.80. The molecule has 0 aliphatic carbocycles. The summed E-state index contributed by atoms with van der Waals surface area (Å²) in [5.74, 6) is -1.56. The lowest BCUT2D eigenvalue weighted by molar-refractivity contribution is 0.0971. The lowest BCUT2D eigenvalue weighted by Crippen LogP contribution is -2.33. The highest BCUT2D eigenvalue weighted by Gasteiger charge is 2.33. The number of halogens is 1. The smallest absolute Gasteiger partial charge is 0.268 e. The van der Waals surface area contributed by atoms with E-state index in [0.29, 0.717) is 13.2 Å². The van der Waals surface area contributed by atoms with Crippen LogP contribution in [0.2, 0.25) is 0 Å². The van der Waals surface area contributed by atoms with Crippen molar-refractivity contribution in [2.75, 3.05) is 11.3 Å². The SMILES string of the molecule is CC1(C)COc2c(S(=O)(=O)Nc3cccc(O)c3F)cnn2C1. The third-order valence-electron chi connectivity index (χ3n) is 3.45. The summed E-state index contributed by atoms with van der Waals surface area (Å²) in [7, 11) is -4.10. The van der Waals surface area contributed by atoms with Gasteiger partial charge in [0.1, 0.15) is 0 Å². The van der Waals surface area contributed by atoms with Crippen molar-refractivity contribution < 1.29 is 22.7 Å². The van der Waals surface area contributed by atoms with Crippen molar-refractivity contribution in [3.63, 3.8) is 0 Å². The van der Waals surface area contributed by atoms with Gasteiger partial charge in [0, 0.05) is 5.41 Å². The normalized spacial score (nSPS) is 16.5. The van der Waals surface area contributed by atoms with Gasteiger partial charge in [-0.15, -0.1) is 0 Å². The molecule has 0 unspecified atom stereocenters. The van der Waals surface area contributed by atoms with Crippen molar-refractivity contribution in [3.05, 3.63) is 30.2 Å². The summed E-state index contributed by atoms with van der Waals surface area (Å²) in [6, 6.07) is 3.68. The molecule has 2 heterocycles. The predicted molar refractivity (Wildman–Crippen MR) is 80.4 cm³/mol. The van der Waals surface area contributed by atoms with Crippen LogP contribution in [0, 0.1) is 11.2 Å². The maximum Gasteiger partial charge on any atom is 0.268 e. The molecule has 1 aromatic carbocycles. The Bertz CT molecular complexity index is 861. The van der Waals surface area contributed by atoms with Crippen LogP contribution >= 0.6 is 0 Å². The minimum Gasteiger partial charge on any atom is -0.505 e. The molecular weight excluding hydrogens is 325 g/mol. The molecule has 3 rings (SSSR count). The van der Waals surface area contributed by atoms with Crippen molar-refractivity contribution in [2.45, 2.75) is 25.3 Å². The van der Waals surface area contributed by atoms with Gasteiger partial charge in [-0.05, 0) is 12.1 Å². The fourth-order valence-corrected chi connectivity index (χ4v) is 3.45. The predicted octanol–water partition coefficient (Wildman–Crippen LogP) is 1.95. The molecule has 0 amide bonds. The van der Waals surface area contributed by atoms with Crippen LogP contribution in [0.5, 0.6) is 11.6 Å². The van der Waals surface area contributed by atoms with Crippen LogP contribution in [0.3, 0.4) is 0 Å². The molecule has 1 aliphatic rings. The van der Waals surface area contributed by atoms with Gasteiger partial charge in [-0.25, -0.2) is 17.5 Å². The molecule has 2 N–H and O–H groups in total. The van der Waals surface area contributed by atoms with E-state index >= 15 is 0 Å². The minimum absolute atomic E-state index is 0.123. The summed E-state index contributed by atoms with van der Waals surface area (Å²) in [6.07, 6.45) is 1.17. The zero-order valence-corrected chi connectivity index (χ0v) is 13.4. The molecule has 0 spiro atoms. The maximum absolute atomic E-state index is 13.8. The summed E-state index contributed by atoms with van der Waals surface area (Å²) >= 11 is 0. The van der Waals surface area contributed by atoms with Gasteiger partial charge in [-0.1, -0.05) is 19.9 Å². The maximum atomic E-state index is 13.8. The standard InChI is InChI=1S/C14H16FN3O4S/c1-14(2)7-18-13(22-8-14)11(6-16-18)23(20,21)17-9-4-3-5-10(19)12(9)15/h3-6,17,19H,7-8H2,1-2H3. The number of fused-ring (bicyclic) bond motifs is 1. The quantitative estimate of drug-likeness (QED) is 0.890. The number of benzene rings is 1. The second-order valence-electron chi connectivity index (χ2n) is 6.17. The Morgan fingerprint density at radius 2 is 2.17 bits per heavy atom. The van der Waals surface area contributed by atoms with Crippen LogP contribution in [-0.4, -0.2) is 29.9 Å². The molecule has 0 saturated carbocycles. The Morgan fingerprint density at radius 3 is 2.91 bits per heavy atom. The van der Waals surface area contributed by atoms with Gasteiger partial charge >= 0.3 is 0 Å². The lowest BCUT2D eigenvalue weighted by atomic mass is 9.94. The topological polar surface area (TPSA) is 93.5 Å². The molecule has 1 aromatic heterocycles. The molecule has 0 atom stereocenters. The number of rotatable bonds is 3. The third kappa shape index (κ3) is 2.83. The second-order valence-corrected chi connectivity index (χ2v) is 7.82. The van der Waals surface area contributed by atoms with E-state index in [2.05, 4.69) is 9.82 Å². The number of phenolic OH excluding ortho intramolecular Hbond substituents is 1. The van der Waals surface area contributed by atoms with E-state index in [-0.39, 0.29) is 21.9 Å². The number of hydrogen-bond donors (Lipinski definition) is 2. The Kier molecular flexibility index (Phi) is 3.47. The molecule has 0 radical (unpaired) electrons. The number of aromatic hydroxyl groups is 1. The van der Waals surface area contributed by atoms with Crippen molar-refractivity contribution in [1.29, 1.82) is 0 Å². The van der Waals surface area contributed by atoms with E-state index in [1.165, 1.54) is 23.0 Å². The van der Waals surface area contributed by atoms with Gasteiger partial charge < -0.3 is 9.84 Å². The van der Waals surface area contributed by atoms with Gasteiger partial charge in [0.2, 0.25) is 5.88 Å². The largest absolute Gasteiger partial charge is 0.505 e. The monoisotopic (exact) mass is 341 g/mol. The number of sulfonamides is 1. The molecule has 1 aliphatic heterocycles. The van der Waals surface area contributed by atoms with E-state index in [0.717, 1.165) is 6.07 Å². The zero-order valence-electron chi connectivity index (χ0n) is 12.6. The first-order valence-corrected chi connectivity index (χ1v) is 8.37.